The number of hydrogen-bond acceptors (Lipinski definition) is 3. The van der Waals surface area contributed by atoms with Crippen molar-refractivity contribution in [1.82, 2.24) is 5.32 Å². The predicted octanol–water partition coefficient (Wildman–Crippen LogP) is 2.91. The second-order valence-electron chi connectivity index (χ2n) is 5.31. The number of ether oxygens (including phenoxy) is 1. The van der Waals surface area contributed by atoms with Crippen LogP contribution in [0.4, 0.5) is 0 Å². The summed E-state index contributed by atoms with van der Waals surface area (Å²) in [5, 5.41) is 3.00. The van der Waals surface area contributed by atoms with Gasteiger partial charge in [0, 0.05) is 22.1 Å². The third kappa shape index (κ3) is 4.21. The molecule has 1 amide bonds. The fraction of sp³-hybridized carbons (Fsp3) is 0.533. The second kappa shape index (κ2) is 7.09. The summed E-state index contributed by atoms with van der Waals surface area (Å²) in [6.45, 7) is 1.94. The van der Waals surface area contributed by atoms with Gasteiger partial charge in [0.15, 0.2) is 6.61 Å². The van der Waals surface area contributed by atoms with Crippen LogP contribution >= 0.6 is 15.9 Å². The zero-order valence-electron chi connectivity index (χ0n) is 11.7. The number of amides is 1. The Bertz CT molecular complexity index is 471. The van der Waals surface area contributed by atoms with E-state index < -0.39 is 0 Å². The highest BCUT2D eigenvalue weighted by Gasteiger charge is 2.17. The topological polar surface area (TPSA) is 64.3 Å². The lowest BCUT2D eigenvalue weighted by atomic mass is 10.1. The normalized spacial score (nSPS) is 16.9. The standard InChI is InChI=1S/C15H21BrN2O2/c1-10(17)13-8-11(16)6-7-14(13)20-9-15(19)18-12-4-2-3-5-12/h6-8,10,12H,2-5,9,17H2,1H3,(H,18,19). The molecule has 0 aromatic heterocycles. The second-order valence-corrected chi connectivity index (χ2v) is 6.22. The Morgan fingerprint density at radius 2 is 2.20 bits per heavy atom. The number of hydrogen-bond donors (Lipinski definition) is 2. The molecule has 1 saturated carbocycles. The summed E-state index contributed by atoms with van der Waals surface area (Å²) in [7, 11) is 0. The molecular weight excluding hydrogens is 320 g/mol. The first-order chi connectivity index (χ1) is 9.56. The molecule has 4 nitrogen and oxygen atoms in total. The number of rotatable bonds is 5. The Hall–Kier alpha value is -1.07. The molecule has 0 bridgehead atoms. The highest BCUT2D eigenvalue weighted by atomic mass is 79.9. The summed E-state index contributed by atoms with van der Waals surface area (Å²) in [6, 6.07) is 5.83. The number of benzene rings is 1. The molecule has 110 valence electrons. The quantitative estimate of drug-likeness (QED) is 0.866. The van der Waals surface area contributed by atoms with E-state index in [-0.39, 0.29) is 18.6 Å². The van der Waals surface area contributed by atoms with E-state index in [1.807, 2.05) is 25.1 Å². The van der Waals surface area contributed by atoms with Gasteiger partial charge in [-0.3, -0.25) is 4.79 Å². The minimum Gasteiger partial charge on any atom is -0.483 e. The van der Waals surface area contributed by atoms with Crippen LogP contribution in [-0.2, 0) is 4.79 Å². The Morgan fingerprint density at radius 3 is 2.85 bits per heavy atom. The van der Waals surface area contributed by atoms with Crippen LogP contribution in [-0.4, -0.2) is 18.6 Å². The molecule has 1 fully saturated rings. The average Bonchev–Trinajstić information content (AvgIpc) is 2.90. The van der Waals surface area contributed by atoms with E-state index in [0.29, 0.717) is 11.8 Å². The number of carbonyl (C=O) groups excluding carboxylic acids is 1. The van der Waals surface area contributed by atoms with E-state index in [0.717, 1.165) is 22.9 Å². The van der Waals surface area contributed by atoms with Crippen LogP contribution in [0.1, 0.15) is 44.2 Å². The molecule has 0 heterocycles. The van der Waals surface area contributed by atoms with Crippen LogP contribution in [0.2, 0.25) is 0 Å². The van der Waals surface area contributed by atoms with Crippen LogP contribution in [0.3, 0.4) is 0 Å². The third-order valence-electron chi connectivity index (χ3n) is 3.54. The molecule has 1 unspecified atom stereocenters. The molecule has 1 aliphatic rings. The molecule has 5 heteroatoms. The summed E-state index contributed by atoms with van der Waals surface area (Å²) in [5.41, 5.74) is 6.82. The van der Waals surface area contributed by atoms with Gasteiger partial charge in [0.25, 0.3) is 5.91 Å². The Balaban J connectivity index is 1.91. The fourth-order valence-corrected chi connectivity index (χ4v) is 2.87. The molecule has 1 aromatic rings. The Morgan fingerprint density at radius 1 is 1.50 bits per heavy atom. The summed E-state index contributed by atoms with van der Waals surface area (Å²) in [6.07, 6.45) is 4.56. The lowest BCUT2D eigenvalue weighted by molar-refractivity contribution is -0.123. The lowest BCUT2D eigenvalue weighted by Crippen LogP contribution is -2.36. The van der Waals surface area contributed by atoms with Gasteiger partial charge in [0.05, 0.1) is 0 Å². The van der Waals surface area contributed by atoms with Gasteiger partial charge in [-0.05, 0) is 38.0 Å². The van der Waals surface area contributed by atoms with Crippen molar-refractivity contribution in [3.63, 3.8) is 0 Å². The summed E-state index contributed by atoms with van der Waals surface area (Å²) < 4.78 is 6.56. The number of nitrogens with two attached hydrogens (primary N) is 1. The van der Waals surface area contributed by atoms with Gasteiger partial charge in [0.1, 0.15) is 5.75 Å². The first kappa shape index (κ1) is 15.3. The van der Waals surface area contributed by atoms with Crippen molar-refractivity contribution in [2.75, 3.05) is 6.61 Å². The van der Waals surface area contributed by atoms with E-state index in [1.54, 1.807) is 0 Å². The predicted molar refractivity (Wildman–Crippen MR) is 82.6 cm³/mol. The maximum Gasteiger partial charge on any atom is 0.258 e. The smallest absolute Gasteiger partial charge is 0.258 e. The minimum atomic E-state index is -0.139. The van der Waals surface area contributed by atoms with Gasteiger partial charge in [-0.25, -0.2) is 0 Å². The highest BCUT2D eigenvalue weighted by molar-refractivity contribution is 9.10. The minimum absolute atomic E-state index is 0.0395. The number of carbonyl (C=O) groups is 1. The van der Waals surface area contributed by atoms with E-state index in [4.69, 9.17) is 10.5 Å². The molecule has 20 heavy (non-hydrogen) atoms. The molecule has 1 atom stereocenters. The maximum atomic E-state index is 11.8. The van der Waals surface area contributed by atoms with Gasteiger partial charge < -0.3 is 15.8 Å². The van der Waals surface area contributed by atoms with Crippen molar-refractivity contribution in [3.8, 4) is 5.75 Å². The molecule has 1 aromatic carbocycles. The van der Waals surface area contributed by atoms with Crippen molar-refractivity contribution in [1.29, 1.82) is 0 Å². The molecule has 0 radical (unpaired) electrons. The molecule has 0 spiro atoms. The van der Waals surface area contributed by atoms with Crippen LogP contribution < -0.4 is 15.8 Å². The monoisotopic (exact) mass is 340 g/mol. The average molecular weight is 341 g/mol. The molecular formula is C15H21BrN2O2. The Kier molecular flexibility index (Phi) is 5.43. The van der Waals surface area contributed by atoms with Crippen molar-refractivity contribution >= 4 is 21.8 Å². The summed E-state index contributed by atoms with van der Waals surface area (Å²) in [5.74, 6) is 0.611. The Labute approximate surface area is 128 Å². The fourth-order valence-electron chi connectivity index (χ4n) is 2.49. The van der Waals surface area contributed by atoms with Crippen LogP contribution in [0.15, 0.2) is 22.7 Å². The van der Waals surface area contributed by atoms with Crippen LogP contribution in [0.25, 0.3) is 0 Å². The van der Waals surface area contributed by atoms with Gasteiger partial charge in [-0.1, -0.05) is 28.8 Å². The SMILES string of the molecule is CC(N)c1cc(Br)ccc1OCC(=O)NC1CCCC1. The van der Waals surface area contributed by atoms with E-state index in [2.05, 4.69) is 21.2 Å². The van der Waals surface area contributed by atoms with Crippen molar-refractivity contribution in [2.45, 2.75) is 44.7 Å². The highest BCUT2D eigenvalue weighted by Crippen LogP contribution is 2.27. The molecule has 1 aliphatic carbocycles. The molecule has 2 rings (SSSR count). The first-order valence-electron chi connectivity index (χ1n) is 7.03. The first-order valence-corrected chi connectivity index (χ1v) is 7.83. The zero-order chi connectivity index (χ0) is 14.5. The maximum absolute atomic E-state index is 11.8. The van der Waals surface area contributed by atoms with E-state index >= 15 is 0 Å². The van der Waals surface area contributed by atoms with E-state index in [9.17, 15) is 4.79 Å². The molecule has 0 saturated heterocycles. The summed E-state index contributed by atoms with van der Waals surface area (Å²) >= 11 is 3.41. The zero-order valence-corrected chi connectivity index (χ0v) is 13.3. The van der Waals surface area contributed by atoms with Crippen LogP contribution in [0.5, 0.6) is 5.75 Å². The number of nitrogens with one attached hydrogen (secondary N) is 1. The summed E-state index contributed by atoms with van der Waals surface area (Å²) in [4.78, 5) is 11.8. The molecule has 0 aliphatic heterocycles. The van der Waals surface area contributed by atoms with Crippen molar-refractivity contribution < 1.29 is 9.53 Å². The largest absolute Gasteiger partial charge is 0.483 e. The van der Waals surface area contributed by atoms with Crippen LogP contribution in [0, 0.1) is 0 Å². The van der Waals surface area contributed by atoms with E-state index in [1.165, 1.54) is 12.8 Å². The van der Waals surface area contributed by atoms with Crippen molar-refractivity contribution in [3.05, 3.63) is 28.2 Å². The lowest BCUT2D eigenvalue weighted by Gasteiger charge is -2.16. The number of halogens is 1. The molecule has 3 N–H and O–H groups in total. The van der Waals surface area contributed by atoms with Gasteiger partial charge in [0.2, 0.25) is 0 Å². The van der Waals surface area contributed by atoms with Gasteiger partial charge >= 0.3 is 0 Å². The van der Waals surface area contributed by atoms with Gasteiger partial charge in [-0.2, -0.15) is 0 Å². The third-order valence-corrected chi connectivity index (χ3v) is 4.03. The van der Waals surface area contributed by atoms with Crippen molar-refractivity contribution in [2.24, 2.45) is 5.73 Å². The van der Waals surface area contributed by atoms with Gasteiger partial charge in [-0.15, -0.1) is 0 Å².